The SMILES string of the molecule is CCCCCCCCCCCCOCCCCCCCC.O=S(=O)(O)O.[NaH]. The van der Waals surface area contributed by atoms with Gasteiger partial charge in [0.15, 0.2) is 0 Å². The topological polar surface area (TPSA) is 83.8 Å². The third-order valence-electron chi connectivity index (χ3n) is 4.28. The van der Waals surface area contributed by atoms with E-state index in [2.05, 4.69) is 13.8 Å². The Labute approximate surface area is 191 Å². The Morgan fingerprint density at radius 1 is 0.556 bits per heavy atom. The molecule has 0 aromatic rings. The van der Waals surface area contributed by atoms with Gasteiger partial charge in [-0.05, 0) is 12.8 Å². The van der Waals surface area contributed by atoms with Gasteiger partial charge in [0, 0.05) is 13.2 Å². The molecule has 0 saturated heterocycles. The van der Waals surface area contributed by atoms with Crippen molar-refractivity contribution in [3.8, 4) is 0 Å². The molecule has 0 aliphatic heterocycles. The van der Waals surface area contributed by atoms with Gasteiger partial charge in [-0.3, -0.25) is 9.11 Å². The van der Waals surface area contributed by atoms with E-state index in [0.717, 1.165) is 13.2 Å². The fraction of sp³-hybridized carbons (Fsp3) is 1.00. The summed E-state index contributed by atoms with van der Waals surface area (Å²) in [5.74, 6) is 0. The van der Waals surface area contributed by atoms with Crippen molar-refractivity contribution in [1.29, 1.82) is 0 Å². The Bertz CT molecular complexity index is 324. The van der Waals surface area contributed by atoms with E-state index in [0.29, 0.717) is 0 Å². The molecule has 0 aliphatic carbocycles. The molecule has 162 valence electrons. The normalized spacial score (nSPS) is 10.8. The molecule has 27 heavy (non-hydrogen) atoms. The van der Waals surface area contributed by atoms with Crippen molar-refractivity contribution in [2.45, 2.75) is 117 Å². The van der Waals surface area contributed by atoms with Gasteiger partial charge in [0.2, 0.25) is 0 Å². The zero-order valence-electron chi connectivity index (χ0n) is 17.3. The average Bonchev–Trinajstić information content (AvgIpc) is 2.56. The molecule has 0 aliphatic rings. The first-order valence-electron chi connectivity index (χ1n) is 10.7. The molecular weight excluding hydrogens is 375 g/mol. The summed E-state index contributed by atoms with van der Waals surface area (Å²) in [4.78, 5) is 0. The summed E-state index contributed by atoms with van der Waals surface area (Å²) in [6, 6.07) is 0. The van der Waals surface area contributed by atoms with Crippen molar-refractivity contribution in [1.82, 2.24) is 0 Å². The van der Waals surface area contributed by atoms with Crippen LogP contribution in [0.4, 0.5) is 0 Å². The van der Waals surface area contributed by atoms with Crippen LogP contribution in [0.3, 0.4) is 0 Å². The van der Waals surface area contributed by atoms with E-state index in [-0.39, 0.29) is 29.6 Å². The summed E-state index contributed by atoms with van der Waals surface area (Å²) in [5, 5.41) is 0. The van der Waals surface area contributed by atoms with Crippen molar-refractivity contribution in [3.05, 3.63) is 0 Å². The zero-order chi connectivity index (χ0) is 19.9. The maximum atomic E-state index is 8.74. The molecule has 0 heterocycles. The molecule has 0 aromatic heterocycles. The maximum absolute atomic E-state index is 8.74. The molecule has 0 radical (unpaired) electrons. The molecule has 5 nitrogen and oxygen atoms in total. The summed E-state index contributed by atoms with van der Waals surface area (Å²) >= 11 is 0. The molecule has 0 bridgehead atoms. The van der Waals surface area contributed by atoms with Crippen LogP contribution in [0.2, 0.25) is 0 Å². The Morgan fingerprint density at radius 2 is 0.778 bits per heavy atom. The van der Waals surface area contributed by atoms with Crippen molar-refractivity contribution in [3.63, 3.8) is 0 Å². The fourth-order valence-electron chi connectivity index (χ4n) is 2.78. The molecule has 7 heteroatoms. The molecule has 0 spiro atoms. The molecule has 0 aromatic carbocycles. The minimum atomic E-state index is -4.67. The summed E-state index contributed by atoms with van der Waals surface area (Å²) < 4.78 is 37.3. The van der Waals surface area contributed by atoms with Crippen LogP contribution in [0.5, 0.6) is 0 Å². The third-order valence-corrected chi connectivity index (χ3v) is 4.28. The van der Waals surface area contributed by atoms with Gasteiger partial charge in [-0.1, -0.05) is 104 Å². The molecule has 0 amide bonds. The fourth-order valence-corrected chi connectivity index (χ4v) is 2.78. The molecule has 2 N–H and O–H groups in total. The molecule has 0 saturated carbocycles. The number of unbranched alkanes of at least 4 members (excludes halogenated alkanes) is 14. The Hall–Kier alpha value is 0.830. The van der Waals surface area contributed by atoms with Crippen LogP contribution in [0.25, 0.3) is 0 Å². The van der Waals surface area contributed by atoms with Crippen LogP contribution < -0.4 is 0 Å². The average molecular weight is 421 g/mol. The van der Waals surface area contributed by atoms with E-state index in [1.165, 1.54) is 103 Å². The summed E-state index contributed by atoms with van der Waals surface area (Å²) in [6.45, 7) is 6.54. The van der Waals surface area contributed by atoms with E-state index in [4.69, 9.17) is 22.3 Å². The Balaban J connectivity index is -0.000000844. The minimum absolute atomic E-state index is 0. The number of rotatable bonds is 18. The predicted octanol–water partition coefficient (Wildman–Crippen LogP) is 5.98. The molecule has 0 fully saturated rings. The van der Waals surface area contributed by atoms with E-state index in [1.807, 2.05) is 0 Å². The zero-order valence-corrected chi connectivity index (χ0v) is 18.1. The van der Waals surface area contributed by atoms with Crippen LogP contribution >= 0.6 is 0 Å². The Kier molecular flexibility index (Phi) is 32.3. The van der Waals surface area contributed by atoms with Gasteiger partial charge in [0.1, 0.15) is 0 Å². The van der Waals surface area contributed by atoms with Gasteiger partial charge in [0.05, 0.1) is 0 Å². The van der Waals surface area contributed by atoms with Crippen molar-refractivity contribution in [2.24, 2.45) is 0 Å². The second-order valence-corrected chi connectivity index (χ2v) is 7.91. The molecule has 0 unspecified atom stereocenters. The summed E-state index contributed by atoms with van der Waals surface area (Å²) in [7, 11) is -4.67. The monoisotopic (exact) mass is 420 g/mol. The first kappa shape index (κ1) is 32.5. The number of hydrogen-bond donors (Lipinski definition) is 2. The van der Waals surface area contributed by atoms with Gasteiger partial charge < -0.3 is 4.74 Å². The van der Waals surface area contributed by atoms with Crippen LogP contribution in [-0.2, 0) is 15.1 Å². The van der Waals surface area contributed by atoms with Crippen LogP contribution in [-0.4, -0.2) is 60.3 Å². The van der Waals surface area contributed by atoms with Gasteiger partial charge in [-0.25, -0.2) is 0 Å². The van der Waals surface area contributed by atoms with Gasteiger partial charge in [-0.2, -0.15) is 8.42 Å². The van der Waals surface area contributed by atoms with Crippen LogP contribution in [0.15, 0.2) is 0 Å². The van der Waals surface area contributed by atoms with Crippen molar-refractivity contribution in [2.75, 3.05) is 13.2 Å². The molecule has 0 rings (SSSR count). The van der Waals surface area contributed by atoms with Crippen molar-refractivity contribution < 1.29 is 22.3 Å². The van der Waals surface area contributed by atoms with Gasteiger partial charge >= 0.3 is 40.0 Å². The van der Waals surface area contributed by atoms with Gasteiger partial charge in [-0.15, -0.1) is 0 Å². The summed E-state index contributed by atoms with van der Waals surface area (Å²) in [6.07, 6.45) is 22.2. The van der Waals surface area contributed by atoms with Gasteiger partial charge in [0.25, 0.3) is 0 Å². The second kappa shape index (κ2) is 26.8. The van der Waals surface area contributed by atoms with Crippen molar-refractivity contribution >= 4 is 40.0 Å². The summed E-state index contributed by atoms with van der Waals surface area (Å²) in [5.41, 5.74) is 0. The molecular formula is C20H45NaO5S. The van der Waals surface area contributed by atoms with Crippen LogP contribution in [0.1, 0.15) is 117 Å². The van der Waals surface area contributed by atoms with E-state index >= 15 is 0 Å². The van der Waals surface area contributed by atoms with E-state index in [1.54, 1.807) is 0 Å². The standard InChI is InChI=1S/C20H42O.Na.H2O4S.H/c1-3-5-7-9-11-12-13-14-16-18-20-21-19-17-15-10-8-6-4-2;;1-5(2,3)4;/h3-20H2,1-2H3;;(H2,1,2,3,4);. The predicted molar refractivity (Wildman–Crippen MR) is 117 cm³/mol. The van der Waals surface area contributed by atoms with Crippen LogP contribution in [0, 0.1) is 0 Å². The van der Waals surface area contributed by atoms with E-state index in [9.17, 15) is 0 Å². The first-order valence-corrected chi connectivity index (χ1v) is 12.1. The van der Waals surface area contributed by atoms with E-state index < -0.39 is 10.4 Å². The third kappa shape index (κ3) is 46.7. The Morgan fingerprint density at radius 3 is 1.04 bits per heavy atom. The molecule has 0 atom stereocenters. The quantitative estimate of drug-likeness (QED) is 0.162. The number of hydrogen-bond acceptors (Lipinski definition) is 3. The second-order valence-electron chi connectivity index (χ2n) is 7.01. The first-order chi connectivity index (χ1) is 12.4. The number of ether oxygens (including phenoxy) is 1.